The molecular weight excluding hydrogens is 322 g/mol. The van der Waals surface area contributed by atoms with Gasteiger partial charge in [0.05, 0.1) is 6.26 Å². The van der Waals surface area contributed by atoms with Crippen LogP contribution in [0, 0.1) is 0 Å². The summed E-state index contributed by atoms with van der Waals surface area (Å²) in [7, 11) is 0. The van der Waals surface area contributed by atoms with Gasteiger partial charge < -0.3 is 14.6 Å². The van der Waals surface area contributed by atoms with Crippen LogP contribution in [0.25, 0.3) is 0 Å². The number of nitrogens with one attached hydrogen (secondary N) is 1. The van der Waals surface area contributed by atoms with E-state index in [0.717, 1.165) is 13.1 Å². The van der Waals surface area contributed by atoms with Gasteiger partial charge in [-0.05, 0) is 32.9 Å². The molecule has 1 saturated heterocycles. The molecule has 0 radical (unpaired) electrons. The van der Waals surface area contributed by atoms with Crippen LogP contribution in [-0.2, 0) is 9.59 Å². The fourth-order valence-corrected chi connectivity index (χ4v) is 3.10. The molecule has 138 valence electrons. The lowest BCUT2D eigenvalue weighted by Gasteiger charge is -2.34. The standard InChI is InChI=1S/C18H27N3O4/c1-14(22)13-18(2,3)19-16(23)6-7-20-8-10-21(11-9-20)17(24)15-5-4-12-25-15/h4-5,12H,6-11,13H2,1-3H3,(H,19,23). The first kappa shape index (κ1) is 19.2. The molecule has 2 rings (SSSR count). The van der Waals surface area contributed by atoms with Gasteiger partial charge in [-0.15, -0.1) is 0 Å². The summed E-state index contributed by atoms with van der Waals surface area (Å²) in [5, 5.41) is 2.91. The highest BCUT2D eigenvalue weighted by Gasteiger charge is 2.25. The van der Waals surface area contributed by atoms with Crippen molar-refractivity contribution in [2.45, 2.75) is 39.2 Å². The first-order valence-corrected chi connectivity index (χ1v) is 8.62. The van der Waals surface area contributed by atoms with Gasteiger partial charge in [0.1, 0.15) is 5.78 Å². The number of carbonyl (C=O) groups is 3. The maximum absolute atomic E-state index is 12.2. The highest BCUT2D eigenvalue weighted by atomic mass is 16.3. The average molecular weight is 349 g/mol. The molecular formula is C18H27N3O4. The number of Topliss-reactive ketones (excluding diaryl/α,β-unsaturated/α-hetero) is 1. The Kier molecular flexibility index (Phi) is 6.36. The third-order valence-corrected chi connectivity index (χ3v) is 4.22. The smallest absolute Gasteiger partial charge is 0.289 e. The van der Waals surface area contributed by atoms with Crippen LogP contribution in [-0.4, -0.2) is 65.7 Å². The van der Waals surface area contributed by atoms with Crippen molar-refractivity contribution in [1.29, 1.82) is 0 Å². The van der Waals surface area contributed by atoms with Crippen LogP contribution in [0.15, 0.2) is 22.8 Å². The molecule has 1 aliphatic heterocycles. The normalized spacial score (nSPS) is 15.9. The summed E-state index contributed by atoms with van der Waals surface area (Å²) < 4.78 is 5.15. The maximum Gasteiger partial charge on any atom is 0.289 e. The summed E-state index contributed by atoms with van der Waals surface area (Å²) in [4.78, 5) is 39.4. The van der Waals surface area contributed by atoms with Gasteiger partial charge >= 0.3 is 0 Å². The van der Waals surface area contributed by atoms with Crippen LogP contribution >= 0.6 is 0 Å². The van der Waals surface area contributed by atoms with Crippen LogP contribution in [0.3, 0.4) is 0 Å². The van der Waals surface area contributed by atoms with Crippen LogP contribution in [0.2, 0.25) is 0 Å². The first-order valence-electron chi connectivity index (χ1n) is 8.62. The summed E-state index contributed by atoms with van der Waals surface area (Å²) in [6.45, 7) is 8.58. The summed E-state index contributed by atoms with van der Waals surface area (Å²) in [6, 6.07) is 3.37. The SMILES string of the molecule is CC(=O)CC(C)(C)NC(=O)CCN1CCN(C(=O)c2ccco2)CC1. The van der Waals surface area contributed by atoms with Gasteiger partial charge in [0.2, 0.25) is 5.91 Å². The van der Waals surface area contributed by atoms with Crippen molar-refractivity contribution in [2.24, 2.45) is 0 Å². The molecule has 7 heteroatoms. The molecule has 2 amide bonds. The summed E-state index contributed by atoms with van der Waals surface area (Å²) in [5.74, 6) is 0.275. The number of nitrogens with zero attached hydrogens (tertiary/aromatic N) is 2. The second kappa shape index (κ2) is 8.29. The van der Waals surface area contributed by atoms with E-state index < -0.39 is 5.54 Å². The minimum Gasteiger partial charge on any atom is -0.459 e. The molecule has 0 unspecified atom stereocenters. The average Bonchev–Trinajstić information content (AvgIpc) is 3.05. The minimum absolute atomic E-state index is 0.0552. The molecule has 25 heavy (non-hydrogen) atoms. The lowest BCUT2D eigenvalue weighted by molar-refractivity contribution is -0.124. The van der Waals surface area contributed by atoms with Crippen LogP contribution < -0.4 is 5.32 Å². The Bertz CT molecular complexity index is 602. The number of furan rings is 1. The number of amides is 2. The summed E-state index contributed by atoms with van der Waals surface area (Å²) in [5.41, 5.74) is -0.517. The van der Waals surface area contributed by atoms with E-state index in [1.807, 2.05) is 13.8 Å². The number of piperazine rings is 1. The zero-order chi connectivity index (χ0) is 18.4. The van der Waals surface area contributed by atoms with E-state index in [1.54, 1.807) is 17.0 Å². The number of ketones is 1. The Morgan fingerprint density at radius 3 is 2.44 bits per heavy atom. The van der Waals surface area contributed by atoms with Crippen LogP contribution in [0.5, 0.6) is 0 Å². The van der Waals surface area contributed by atoms with Crippen molar-refractivity contribution in [3.8, 4) is 0 Å². The van der Waals surface area contributed by atoms with E-state index >= 15 is 0 Å². The third kappa shape index (κ3) is 6.01. The highest BCUT2D eigenvalue weighted by Crippen LogP contribution is 2.11. The van der Waals surface area contributed by atoms with E-state index in [-0.39, 0.29) is 17.6 Å². The lowest BCUT2D eigenvalue weighted by Crippen LogP contribution is -2.50. The Morgan fingerprint density at radius 2 is 1.88 bits per heavy atom. The molecule has 0 bridgehead atoms. The van der Waals surface area contributed by atoms with Crippen molar-refractivity contribution in [1.82, 2.24) is 15.1 Å². The molecule has 1 aliphatic rings. The van der Waals surface area contributed by atoms with Gasteiger partial charge in [-0.2, -0.15) is 0 Å². The molecule has 0 spiro atoms. The fraction of sp³-hybridized carbons (Fsp3) is 0.611. The Morgan fingerprint density at radius 1 is 1.20 bits per heavy atom. The molecule has 1 fully saturated rings. The van der Waals surface area contributed by atoms with E-state index in [4.69, 9.17) is 4.42 Å². The van der Waals surface area contributed by atoms with E-state index in [0.29, 0.717) is 38.2 Å². The number of hydrogen-bond acceptors (Lipinski definition) is 5. The largest absolute Gasteiger partial charge is 0.459 e. The predicted octanol–water partition coefficient (Wildman–Crippen LogP) is 1.30. The van der Waals surface area contributed by atoms with E-state index in [2.05, 4.69) is 10.2 Å². The Balaban J connectivity index is 1.71. The fourth-order valence-electron chi connectivity index (χ4n) is 3.10. The van der Waals surface area contributed by atoms with Gasteiger partial charge in [-0.3, -0.25) is 19.3 Å². The Hall–Kier alpha value is -2.15. The van der Waals surface area contributed by atoms with Gasteiger partial charge in [0.25, 0.3) is 5.91 Å². The van der Waals surface area contributed by atoms with Crippen LogP contribution in [0.1, 0.15) is 44.2 Å². The second-order valence-corrected chi connectivity index (χ2v) is 7.17. The zero-order valence-corrected chi connectivity index (χ0v) is 15.2. The molecule has 0 saturated carbocycles. The molecule has 1 N–H and O–H groups in total. The van der Waals surface area contributed by atoms with E-state index in [1.165, 1.54) is 13.2 Å². The molecule has 1 aromatic heterocycles. The quantitative estimate of drug-likeness (QED) is 0.802. The molecule has 0 aliphatic carbocycles. The highest BCUT2D eigenvalue weighted by molar-refractivity contribution is 5.91. The topological polar surface area (TPSA) is 82.9 Å². The summed E-state index contributed by atoms with van der Waals surface area (Å²) >= 11 is 0. The predicted molar refractivity (Wildman–Crippen MR) is 93.2 cm³/mol. The van der Waals surface area contributed by atoms with E-state index in [9.17, 15) is 14.4 Å². The van der Waals surface area contributed by atoms with Crippen molar-refractivity contribution in [3.05, 3.63) is 24.2 Å². The lowest BCUT2D eigenvalue weighted by atomic mass is 9.98. The molecule has 0 aromatic carbocycles. The van der Waals surface area contributed by atoms with Gasteiger partial charge in [0.15, 0.2) is 5.76 Å². The van der Waals surface area contributed by atoms with Crippen molar-refractivity contribution in [2.75, 3.05) is 32.7 Å². The van der Waals surface area contributed by atoms with Crippen molar-refractivity contribution in [3.63, 3.8) is 0 Å². The van der Waals surface area contributed by atoms with Crippen LogP contribution in [0.4, 0.5) is 0 Å². The second-order valence-electron chi connectivity index (χ2n) is 7.17. The summed E-state index contributed by atoms with van der Waals surface area (Å²) in [6.07, 6.45) is 2.20. The number of carbonyl (C=O) groups excluding carboxylic acids is 3. The zero-order valence-electron chi connectivity index (χ0n) is 15.2. The number of rotatable bonds is 7. The van der Waals surface area contributed by atoms with Gasteiger partial charge in [-0.25, -0.2) is 0 Å². The monoisotopic (exact) mass is 349 g/mol. The minimum atomic E-state index is -0.517. The number of hydrogen-bond donors (Lipinski definition) is 1. The first-order chi connectivity index (χ1) is 11.8. The molecule has 1 aromatic rings. The molecule has 7 nitrogen and oxygen atoms in total. The molecule has 2 heterocycles. The Labute approximate surface area is 148 Å². The molecule has 0 atom stereocenters. The maximum atomic E-state index is 12.2. The van der Waals surface area contributed by atoms with Crippen molar-refractivity contribution < 1.29 is 18.8 Å². The third-order valence-electron chi connectivity index (χ3n) is 4.22. The van der Waals surface area contributed by atoms with Gasteiger partial charge in [-0.1, -0.05) is 0 Å². The van der Waals surface area contributed by atoms with Crippen molar-refractivity contribution >= 4 is 17.6 Å². The van der Waals surface area contributed by atoms with Gasteiger partial charge in [0, 0.05) is 51.1 Å².